The molecule has 0 saturated carbocycles. The van der Waals surface area contributed by atoms with E-state index in [4.69, 9.17) is 14.2 Å². The number of benzene rings is 1. The number of H-pyrrole nitrogens is 1. The summed E-state index contributed by atoms with van der Waals surface area (Å²) < 4.78 is 41.4. The van der Waals surface area contributed by atoms with Gasteiger partial charge in [0.15, 0.2) is 0 Å². The van der Waals surface area contributed by atoms with Gasteiger partial charge in [-0.25, -0.2) is 13.1 Å². The third kappa shape index (κ3) is 6.10. The van der Waals surface area contributed by atoms with Crippen molar-refractivity contribution < 1.29 is 22.6 Å². The van der Waals surface area contributed by atoms with Crippen LogP contribution in [0.1, 0.15) is 5.56 Å². The Morgan fingerprint density at radius 2 is 1.92 bits per heavy atom. The Balaban J connectivity index is 1.90. The van der Waals surface area contributed by atoms with Crippen LogP contribution in [0, 0.1) is 0 Å². The van der Waals surface area contributed by atoms with Crippen molar-refractivity contribution in [2.45, 2.75) is 6.42 Å². The van der Waals surface area contributed by atoms with Crippen LogP contribution in [-0.2, 0) is 25.9 Å². The Kier molecular flexibility index (Phi) is 7.58. The normalized spacial score (nSPS) is 11.8. The molecule has 0 aliphatic rings. The number of fused-ring (bicyclic) bond motifs is 1. The third-order valence-electron chi connectivity index (χ3n) is 3.77. The highest BCUT2D eigenvalue weighted by Gasteiger charge is 2.11. The molecule has 8 nitrogen and oxygen atoms in total. The van der Waals surface area contributed by atoms with Gasteiger partial charge in [0, 0.05) is 25.3 Å². The maximum atomic E-state index is 12.2. The van der Waals surface area contributed by atoms with Crippen LogP contribution in [-0.4, -0.2) is 59.7 Å². The lowest BCUT2D eigenvalue weighted by Crippen LogP contribution is -2.31. The van der Waals surface area contributed by atoms with E-state index in [0.29, 0.717) is 36.5 Å². The molecule has 2 aromatic rings. The van der Waals surface area contributed by atoms with Crippen molar-refractivity contribution in [1.29, 1.82) is 0 Å². The van der Waals surface area contributed by atoms with Crippen molar-refractivity contribution >= 4 is 20.9 Å². The van der Waals surface area contributed by atoms with Crippen LogP contribution in [0.15, 0.2) is 29.1 Å². The Labute approximate surface area is 152 Å². The second kappa shape index (κ2) is 9.67. The van der Waals surface area contributed by atoms with Gasteiger partial charge in [-0.3, -0.25) is 4.79 Å². The van der Waals surface area contributed by atoms with Crippen molar-refractivity contribution in [3.8, 4) is 5.75 Å². The van der Waals surface area contributed by atoms with Gasteiger partial charge >= 0.3 is 0 Å². The van der Waals surface area contributed by atoms with E-state index >= 15 is 0 Å². The first kappa shape index (κ1) is 20.4. The number of ether oxygens (including phenoxy) is 3. The number of hydrogen-bond acceptors (Lipinski definition) is 6. The van der Waals surface area contributed by atoms with E-state index in [1.165, 1.54) is 0 Å². The number of rotatable bonds is 11. The maximum Gasteiger partial charge on any atom is 0.251 e. The second-order valence-corrected chi connectivity index (χ2v) is 7.57. The average molecular weight is 384 g/mol. The quantitative estimate of drug-likeness (QED) is 0.551. The highest BCUT2D eigenvalue weighted by atomic mass is 32.2. The standard InChI is InChI=1S/C17H24N2O6S/c1-23-7-8-25-9-10-26(21,22)18-6-5-14-11-13-3-4-15(24-2)12-16(13)19-17(14)20/h3-4,11-12,18H,5-10H2,1-2H3,(H,19,20). The monoisotopic (exact) mass is 384 g/mol. The van der Waals surface area contributed by atoms with Gasteiger partial charge in [0.2, 0.25) is 10.0 Å². The molecule has 2 rings (SSSR count). The summed E-state index contributed by atoms with van der Waals surface area (Å²) in [6.45, 7) is 1.01. The summed E-state index contributed by atoms with van der Waals surface area (Å²) in [7, 11) is -0.342. The summed E-state index contributed by atoms with van der Waals surface area (Å²) in [6, 6.07) is 7.15. The molecule has 0 spiro atoms. The Hall–Kier alpha value is -1.94. The van der Waals surface area contributed by atoms with E-state index in [2.05, 4.69) is 9.71 Å². The summed E-state index contributed by atoms with van der Waals surface area (Å²) in [5, 5.41) is 0.856. The van der Waals surface area contributed by atoms with Crippen LogP contribution in [0.25, 0.3) is 10.9 Å². The molecule has 0 fully saturated rings. The van der Waals surface area contributed by atoms with Crippen LogP contribution in [0.3, 0.4) is 0 Å². The van der Waals surface area contributed by atoms with Gasteiger partial charge in [-0.1, -0.05) is 0 Å². The number of nitrogens with one attached hydrogen (secondary N) is 2. The van der Waals surface area contributed by atoms with E-state index in [1.807, 2.05) is 6.07 Å². The molecule has 0 aliphatic carbocycles. The van der Waals surface area contributed by atoms with Crippen molar-refractivity contribution in [3.63, 3.8) is 0 Å². The lowest BCUT2D eigenvalue weighted by Gasteiger charge is -2.08. The van der Waals surface area contributed by atoms with Crippen molar-refractivity contribution in [3.05, 3.63) is 40.2 Å². The van der Waals surface area contributed by atoms with Crippen LogP contribution in [0.5, 0.6) is 5.75 Å². The smallest absolute Gasteiger partial charge is 0.251 e. The van der Waals surface area contributed by atoms with E-state index in [-0.39, 0.29) is 24.5 Å². The average Bonchev–Trinajstić information content (AvgIpc) is 2.61. The van der Waals surface area contributed by atoms with Crippen molar-refractivity contribution in [1.82, 2.24) is 9.71 Å². The Bertz CT molecular complexity index is 878. The van der Waals surface area contributed by atoms with E-state index in [9.17, 15) is 13.2 Å². The van der Waals surface area contributed by atoms with Gasteiger partial charge in [0.1, 0.15) is 5.75 Å². The minimum atomic E-state index is -3.45. The molecular weight excluding hydrogens is 360 g/mol. The SMILES string of the molecule is COCCOCCS(=O)(=O)NCCc1cc2ccc(OC)cc2[nH]c1=O. The number of aromatic nitrogens is 1. The predicted molar refractivity (Wildman–Crippen MR) is 99.3 cm³/mol. The predicted octanol–water partition coefficient (Wildman–Crippen LogP) is 0.662. The minimum absolute atomic E-state index is 0.0943. The van der Waals surface area contributed by atoms with E-state index < -0.39 is 10.0 Å². The first-order valence-corrected chi connectivity index (χ1v) is 9.84. The minimum Gasteiger partial charge on any atom is -0.497 e. The fourth-order valence-corrected chi connectivity index (χ4v) is 3.26. The van der Waals surface area contributed by atoms with Crippen LogP contribution in [0.4, 0.5) is 0 Å². The molecule has 0 amide bonds. The lowest BCUT2D eigenvalue weighted by atomic mass is 10.1. The molecule has 0 aliphatic heterocycles. The fraction of sp³-hybridized carbons (Fsp3) is 0.471. The molecule has 144 valence electrons. The van der Waals surface area contributed by atoms with Crippen molar-refractivity contribution in [2.24, 2.45) is 0 Å². The zero-order chi connectivity index (χ0) is 19.0. The number of pyridine rings is 1. The Morgan fingerprint density at radius 3 is 2.65 bits per heavy atom. The largest absolute Gasteiger partial charge is 0.497 e. The molecule has 0 atom stereocenters. The zero-order valence-corrected chi connectivity index (χ0v) is 15.7. The van der Waals surface area contributed by atoms with Crippen LogP contribution >= 0.6 is 0 Å². The van der Waals surface area contributed by atoms with Gasteiger partial charge in [0.25, 0.3) is 5.56 Å². The molecule has 1 aromatic heterocycles. The highest BCUT2D eigenvalue weighted by molar-refractivity contribution is 7.89. The highest BCUT2D eigenvalue weighted by Crippen LogP contribution is 2.18. The molecule has 26 heavy (non-hydrogen) atoms. The molecule has 0 unspecified atom stereocenters. The summed E-state index contributed by atoms with van der Waals surface area (Å²) in [4.78, 5) is 14.9. The zero-order valence-electron chi connectivity index (χ0n) is 14.9. The maximum absolute atomic E-state index is 12.2. The van der Waals surface area contributed by atoms with Crippen LogP contribution < -0.4 is 15.0 Å². The second-order valence-electron chi connectivity index (χ2n) is 5.65. The van der Waals surface area contributed by atoms with Gasteiger partial charge in [-0.15, -0.1) is 0 Å². The molecular formula is C17H24N2O6S. The molecule has 0 radical (unpaired) electrons. The lowest BCUT2D eigenvalue weighted by molar-refractivity contribution is 0.0784. The van der Waals surface area contributed by atoms with Gasteiger partial charge in [-0.05, 0) is 30.0 Å². The number of hydrogen-bond donors (Lipinski definition) is 2. The topological polar surface area (TPSA) is 107 Å². The van der Waals surface area contributed by atoms with E-state index in [1.54, 1.807) is 32.4 Å². The number of aromatic amines is 1. The van der Waals surface area contributed by atoms with Crippen molar-refractivity contribution in [2.75, 3.05) is 46.3 Å². The molecule has 1 heterocycles. The summed E-state index contributed by atoms with van der Waals surface area (Å²) in [5.74, 6) is 0.520. The van der Waals surface area contributed by atoms with Crippen LogP contribution in [0.2, 0.25) is 0 Å². The fourth-order valence-electron chi connectivity index (χ4n) is 2.36. The molecule has 0 bridgehead atoms. The first-order chi connectivity index (χ1) is 12.4. The van der Waals surface area contributed by atoms with Gasteiger partial charge < -0.3 is 19.2 Å². The summed E-state index contributed by atoms with van der Waals surface area (Å²) in [5.41, 5.74) is 0.946. The Morgan fingerprint density at radius 1 is 1.12 bits per heavy atom. The summed E-state index contributed by atoms with van der Waals surface area (Å²) >= 11 is 0. The number of sulfonamides is 1. The van der Waals surface area contributed by atoms with E-state index in [0.717, 1.165) is 5.39 Å². The third-order valence-corrected chi connectivity index (χ3v) is 5.12. The van der Waals surface area contributed by atoms with Gasteiger partial charge in [-0.2, -0.15) is 0 Å². The first-order valence-electron chi connectivity index (χ1n) is 8.19. The molecule has 9 heteroatoms. The van der Waals surface area contributed by atoms with Gasteiger partial charge in [0.05, 0.1) is 38.2 Å². The molecule has 1 aromatic carbocycles. The molecule has 2 N–H and O–H groups in total. The number of methoxy groups -OCH3 is 2. The molecule has 0 saturated heterocycles. The summed E-state index contributed by atoms with van der Waals surface area (Å²) in [6.07, 6.45) is 0.293.